The van der Waals surface area contributed by atoms with E-state index in [4.69, 9.17) is 4.74 Å². The molecule has 0 unspecified atom stereocenters. The van der Waals surface area contributed by atoms with E-state index in [9.17, 15) is 9.59 Å². The quantitative estimate of drug-likeness (QED) is 0.441. The van der Waals surface area contributed by atoms with Crippen LogP contribution in [0.3, 0.4) is 0 Å². The van der Waals surface area contributed by atoms with Gasteiger partial charge in [0.15, 0.2) is 5.78 Å². The van der Waals surface area contributed by atoms with Crippen molar-refractivity contribution in [3.63, 3.8) is 0 Å². The van der Waals surface area contributed by atoms with Crippen LogP contribution < -0.4 is 0 Å². The molecule has 112 valence electrons. The zero-order valence-electron chi connectivity index (χ0n) is 12.3. The van der Waals surface area contributed by atoms with Gasteiger partial charge in [0.1, 0.15) is 6.61 Å². The fourth-order valence-corrected chi connectivity index (χ4v) is 1.96. The first-order valence-electron chi connectivity index (χ1n) is 7.16. The van der Waals surface area contributed by atoms with Gasteiger partial charge in [0, 0.05) is 17.5 Å². The van der Waals surface area contributed by atoms with Crippen LogP contribution in [0.5, 0.6) is 0 Å². The largest absolute Gasteiger partial charge is 0.461 e. The third-order valence-corrected chi connectivity index (χ3v) is 3.20. The summed E-state index contributed by atoms with van der Waals surface area (Å²) < 4.78 is 5.14. The van der Waals surface area contributed by atoms with Crippen LogP contribution in [0, 0.1) is 0 Å². The summed E-state index contributed by atoms with van der Waals surface area (Å²) in [6.07, 6.45) is 2.64. The maximum atomic E-state index is 12.2. The first kappa shape index (κ1) is 15.7. The Kier molecular flexibility index (Phi) is 5.66. The highest BCUT2D eigenvalue weighted by atomic mass is 16.5. The van der Waals surface area contributed by atoms with Gasteiger partial charge in [0.2, 0.25) is 0 Å². The monoisotopic (exact) mass is 294 g/mol. The molecule has 0 aromatic heterocycles. The Balaban J connectivity index is 1.94. The van der Waals surface area contributed by atoms with Crippen LogP contribution in [0.2, 0.25) is 0 Å². The minimum Gasteiger partial charge on any atom is -0.461 e. The normalized spacial score (nSPS) is 10.0. The average molecular weight is 294 g/mol. The van der Waals surface area contributed by atoms with Gasteiger partial charge in [0.25, 0.3) is 0 Å². The molecule has 2 aromatic carbocycles. The second-order valence-electron chi connectivity index (χ2n) is 4.88. The van der Waals surface area contributed by atoms with Gasteiger partial charge in [-0.05, 0) is 12.0 Å². The molecular weight excluding hydrogens is 276 g/mol. The molecule has 2 rings (SSSR count). The van der Waals surface area contributed by atoms with Crippen molar-refractivity contribution in [2.75, 3.05) is 0 Å². The van der Waals surface area contributed by atoms with Crippen LogP contribution in [0.25, 0.3) is 0 Å². The van der Waals surface area contributed by atoms with Crippen LogP contribution in [0.4, 0.5) is 0 Å². The second kappa shape index (κ2) is 7.93. The summed E-state index contributed by atoms with van der Waals surface area (Å²) in [6.45, 7) is 3.78. The number of hydrogen-bond acceptors (Lipinski definition) is 3. The molecule has 3 heteroatoms. The molecular formula is C19H18O3. The SMILES string of the molecule is C=CCCC(=O)OCc1ccc(C(=O)c2ccccc2)cc1. The maximum absolute atomic E-state index is 12.2. The number of benzene rings is 2. The number of ketones is 1. The van der Waals surface area contributed by atoms with Crippen molar-refractivity contribution in [3.8, 4) is 0 Å². The minimum atomic E-state index is -0.246. The van der Waals surface area contributed by atoms with E-state index in [0.717, 1.165) is 5.56 Å². The molecule has 0 atom stereocenters. The summed E-state index contributed by atoms with van der Waals surface area (Å²) in [5, 5.41) is 0. The highest BCUT2D eigenvalue weighted by molar-refractivity contribution is 6.08. The summed E-state index contributed by atoms with van der Waals surface area (Å²) in [7, 11) is 0. The molecule has 0 N–H and O–H groups in total. The number of hydrogen-bond donors (Lipinski definition) is 0. The number of rotatable bonds is 7. The first-order chi connectivity index (χ1) is 10.7. The lowest BCUT2D eigenvalue weighted by molar-refractivity contribution is -0.144. The van der Waals surface area contributed by atoms with Gasteiger partial charge >= 0.3 is 5.97 Å². The van der Waals surface area contributed by atoms with E-state index in [1.54, 1.807) is 42.5 Å². The summed E-state index contributed by atoms with van der Waals surface area (Å²) in [6, 6.07) is 16.2. The van der Waals surface area contributed by atoms with Gasteiger partial charge in [-0.25, -0.2) is 0 Å². The molecule has 0 aliphatic carbocycles. The van der Waals surface area contributed by atoms with Crippen molar-refractivity contribution >= 4 is 11.8 Å². The molecule has 0 amide bonds. The van der Waals surface area contributed by atoms with Crippen molar-refractivity contribution in [2.24, 2.45) is 0 Å². The number of carbonyl (C=O) groups excluding carboxylic acids is 2. The maximum Gasteiger partial charge on any atom is 0.306 e. The van der Waals surface area contributed by atoms with Crippen LogP contribution in [0.1, 0.15) is 34.3 Å². The summed E-state index contributed by atoms with van der Waals surface area (Å²) in [5.41, 5.74) is 2.13. The van der Waals surface area contributed by atoms with E-state index in [1.165, 1.54) is 0 Å². The fraction of sp³-hybridized carbons (Fsp3) is 0.158. The molecule has 0 saturated heterocycles. The van der Waals surface area contributed by atoms with Crippen molar-refractivity contribution in [2.45, 2.75) is 19.4 Å². The van der Waals surface area contributed by atoms with Crippen molar-refractivity contribution in [3.05, 3.63) is 83.9 Å². The highest BCUT2D eigenvalue weighted by Gasteiger charge is 2.08. The van der Waals surface area contributed by atoms with E-state index >= 15 is 0 Å². The lowest BCUT2D eigenvalue weighted by Crippen LogP contribution is -2.04. The lowest BCUT2D eigenvalue weighted by Gasteiger charge is -2.05. The standard InChI is InChI=1S/C19H18O3/c1-2-3-9-18(20)22-14-15-10-12-17(13-11-15)19(21)16-7-5-4-6-8-16/h2,4-8,10-13H,1,3,9,14H2. The van der Waals surface area contributed by atoms with Gasteiger partial charge in [-0.2, -0.15) is 0 Å². The van der Waals surface area contributed by atoms with Crippen LogP contribution in [-0.2, 0) is 16.1 Å². The molecule has 3 nitrogen and oxygen atoms in total. The Morgan fingerprint density at radius 2 is 1.59 bits per heavy atom. The van der Waals surface area contributed by atoms with Crippen molar-refractivity contribution < 1.29 is 14.3 Å². The predicted octanol–water partition coefficient (Wildman–Crippen LogP) is 3.93. The Labute approximate surface area is 130 Å². The lowest BCUT2D eigenvalue weighted by atomic mass is 10.0. The van der Waals surface area contributed by atoms with E-state index in [1.807, 2.05) is 18.2 Å². The highest BCUT2D eigenvalue weighted by Crippen LogP contribution is 2.12. The van der Waals surface area contributed by atoms with Gasteiger partial charge in [-0.1, -0.05) is 60.7 Å². The van der Waals surface area contributed by atoms with E-state index in [0.29, 0.717) is 24.0 Å². The third kappa shape index (κ3) is 4.42. The van der Waals surface area contributed by atoms with Crippen LogP contribution in [-0.4, -0.2) is 11.8 Å². The average Bonchev–Trinajstić information content (AvgIpc) is 2.58. The molecule has 0 aliphatic heterocycles. The second-order valence-corrected chi connectivity index (χ2v) is 4.88. The number of carbonyl (C=O) groups is 2. The molecule has 2 aromatic rings. The van der Waals surface area contributed by atoms with Crippen molar-refractivity contribution in [1.29, 1.82) is 0 Å². The molecule has 0 aliphatic rings. The molecule has 0 radical (unpaired) electrons. The molecule has 0 bridgehead atoms. The molecule has 0 heterocycles. The van der Waals surface area contributed by atoms with E-state index < -0.39 is 0 Å². The molecule has 0 spiro atoms. The van der Waals surface area contributed by atoms with Gasteiger partial charge < -0.3 is 4.74 Å². The topological polar surface area (TPSA) is 43.4 Å². The van der Waals surface area contributed by atoms with Gasteiger partial charge in [-0.15, -0.1) is 6.58 Å². The van der Waals surface area contributed by atoms with Gasteiger partial charge in [-0.3, -0.25) is 9.59 Å². The summed E-state index contributed by atoms with van der Waals surface area (Å²) in [5.74, 6) is -0.264. The zero-order chi connectivity index (χ0) is 15.8. The molecule has 22 heavy (non-hydrogen) atoms. The Hall–Kier alpha value is -2.68. The smallest absolute Gasteiger partial charge is 0.306 e. The fourth-order valence-electron chi connectivity index (χ4n) is 1.96. The number of allylic oxidation sites excluding steroid dienone is 1. The summed E-state index contributed by atoms with van der Waals surface area (Å²) in [4.78, 5) is 23.7. The number of esters is 1. The number of ether oxygens (including phenoxy) is 1. The van der Waals surface area contributed by atoms with Crippen molar-refractivity contribution in [1.82, 2.24) is 0 Å². The Morgan fingerprint density at radius 3 is 2.23 bits per heavy atom. The Morgan fingerprint density at radius 1 is 0.955 bits per heavy atom. The van der Waals surface area contributed by atoms with E-state index in [-0.39, 0.29) is 18.4 Å². The minimum absolute atomic E-state index is 0.0184. The van der Waals surface area contributed by atoms with E-state index in [2.05, 4.69) is 6.58 Å². The third-order valence-electron chi connectivity index (χ3n) is 3.20. The summed E-state index contributed by atoms with van der Waals surface area (Å²) >= 11 is 0. The molecule has 0 saturated carbocycles. The van der Waals surface area contributed by atoms with Crippen LogP contribution >= 0.6 is 0 Å². The first-order valence-corrected chi connectivity index (χ1v) is 7.16. The molecule has 0 fully saturated rings. The zero-order valence-corrected chi connectivity index (χ0v) is 12.3. The van der Waals surface area contributed by atoms with Crippen LogP contribution in [0.15, 0.2) is 67.3 Å². The Bertz CT molecular complexity index is 642. The predicted molar refractivity (Wildman–Crippen MR) is 85.5 cm³/mol. The van der Waals surface area contributed by atoms with Gasteiger partial charge in [0.05, 0.1) is 0 Å².